The fourth-order valence-electron chi connectivity index (χ4n) is 1.75. The molecule has 0 aromatic carbocycles. The van der Waals surface area contributed by atoms with Crippen LogP contribution in [0.15, 0.2) is 16.4 Å². The topological polar surface area (TPSA) is 45.7 Å². The quantitative estimate of drug-likeness (QED) is 0.457. The van der Waals surface area contributed by atoms with Gasteiger partial charge in [0.1, 0.15) is 0 Å². The van der Waals surface area contributed by atoms with Crippen LogP contribution in [0, 0.1) is 12.8 Å². The molecule has 1 aromatic heterocycles. The molecule has 4 nitrogen and oxygen atoms in total. The second kappa shape index (κ2) is 7.50. The maximum Gasteiger partial charge on any atom is 0.191 e. The second-order valence-corrected chi connectivity index (χ2v) is 5.90. The summed E-state index contributed by atoms with van der Waals surface area (Å²) in [4.78, 5) is 5.56. The van der Waals surface area contributed by atoms with Crippen LogP contribution in [0.3, 0.4) is 0 Å². The van der Waals surface area contributed by atoms with Gasteiger partial charge in [-0.1, -0.05) is 0 Å². The van der Waals surface area contributed by atoms with Crippen LogP contribution >= 0.6 is 11.3 Å². The summed E-state index contributed by atoms with van der Waals surface area (Å²) in [7, 11) is 1.79. The first-order valence-corrected chi connectivity index (χ1v) is 7.73. The lowest BCUT2D eigenvalue weighted by molar-refractivity contribution is 0.129. The molecule has 0 bridgehead atoms. The van der Waals surface area contributed by atoms with Crippen LogP contribution in [0.1, 0.15) is 23.3 Å². The Balaban J connectivity index is 1.58. The van der Waals surface area contributed by atoms with Gasteiger partial charge in [-0.3, -0.25) is 4.99 Å². The number of ether oxygens (including phenoxy) is 1. The minimum absolute atomic E-state index is 0.745. The van der Waals surface area contributed by atoms with Crippen LogP contribution in [0.5, 0.6) is 0 Å². The van der Waals surface area contributed by atoms with Crippen molar-refractivity contribution in [2.24, 2.45) is 10.9 Å². The summed E-state index contributed by atoms with van der Waals surface area (Å²) in [6, 6.07) is 2.14. The molecule has 0 saturated heterocycles. The molecule has 1 aromatic rings. The zero-order valence-electron chi connectivity index (χ0n) is 11.7. The number of nitrogens with one attached hydrogen (secondary N) is 2. The Bertz CT molecular complexity index is 413. The Morgan fingerprint density at radius 2 is 2.32 bits per heavy atom. The Hall–Kier alpha value is -1.07. The molecule has 0 radical (unpaired) electrons. The molecule has 1 aliphatic carbocycles. The molecule has 1 fully saturated rings. The lowest BCUT2D eigenvalue weighted by Gasteiger charge is -2.11. The average molecular weight is 281 g/mol. The van der Waals surface area contributed by atoms with E-state index < -0.39 is 0 Å². The lowest BCUT2D eigenvalue weighted by Crippen LogP contribution is -2.38. The highest BCUT2D eigenvalue weighted by Crippen LogP contribution is 2.28. The number of guanidine groups is 1. The van der Waals surface area contributed by atoms with Crippen LogP contribution in [0.2, 0.25) is 0 Å². The van der Waals surface area contributed by atoms with Gasteiger partial charge in [-0.15, -0.1) is 11.3 Å². The Morgan fingerprint density at radius 1 is 1.47 bits per heavy atom. The van der Waals surface area contributed by atoms with E-state index in [-0.39, 0.29) is 0 Å². The van der Waals surface area contributed by atoms with Crippen molar-refractivity contribution in [2.75, 3.05) is 26.8 Å². The summed E-state index contributed by atoms with van der Waals surface area (Å²) in [6.07, 6.45) is 2.69. The van der Waals surface area contributed by atoms with Crippen LogP contribution < -0.4 is 10.6 Å². The molecule has 1 aliphatic rings. The third kappa shape index (κ3) is 5.20. The zero-order chi connectivity index (χ0) is 13.5. The van der Waals surface area contributed by atoms with E-state index in [0.29, 0.717) is 0 Å². The first-order chi connectivity index (χ1) is 9.29. The summed E-state index contributed by atoms with van der Waals surface area (Å²) in [5.74, 6) is 1.67. The lowest BCUT2D eigenvalue weighted by atomic mass is 10.3. The first kappa shape index (κ1) is 14.3. The van der Waals surface area contributed by atoms with Gasteiger partial charge in [-0.2, -0.15) is 0 Å². The fourth-order valence-corrected chi connectivity index (χ4v) is 2.59. The SMILES string of the molecule is CN=C(NCCOCC1CC1)NCc1sccc1C. The average Bonchev–Trinajstić information content (AvgIpc) is 3.15. The minimum atomic E-state index is 0.745. The highest BCUT2D eigenvalue weighted by Gasteiger charge is 2.20. The van der Waals surface area contributed by atoms with Crippen molar-refractivity contribution in [3.8, 4) is 0 Å². The highest BCUT2D eigenvalue weighted by atomic mass is 32.1. The van der Waals surface area contributed by atoms with Crippen LogP contribution in [-0.2, 0) is 11.3 Å². The monoisotopic (exact) mass is 281 g/mol. The van der Waals surface area contributed by atoms with Crippen molar-refractivity contribution in [1.82, 2.24) is 10.6 Å². The molecule has 0 unspecified atom stereocenters. The van der Waals surface area contributed by atoms with Crippen molar-refractivity contribution in [3.63, 3.8) is 0 Å². The molecule has 0 amide bonds. The largest absolute Gasteiger partial charge is 0.379 e. The molecule has 5 heteroatoms. The molecule has 106 valence electrons. The van der Waals surface area contributed by atoms with Crippen molar-refractivity contribution in [3.05, 3.63) is 21.9 Å². The summed E-state index contributed by atoms with van der Waals surface area (Å²) in [5.41, 5.74) is 1.33. The van der Waals surface area contributed by atoms with Crippen molar-refractivity contribution < 1.29 is 4.74 Å². The van der Waals surface area contributed by atoms with E-state index in [1.807, 2.05) is 0 Å². The number of nitrogens with zero attached hydrogens (tertiary/aromatic N) is 1. The molecule has 0 spiro atoms. The summed E-state index contributed by atoms with van der Waals surface area (Å²) < 4.78 is 5.58. The van der Waals surface area contributed by atoms with E-state index >= 15 is 0 Å². The molecule has 1 saturated carbocycles. The predicted molar refractivity (Wildman–Crippen MR) is 80.8 cm³/mol. The third-order valence-electron chi connectivity index (χ3n) is 3.20. The van der Waals surface area contributed by atoms with E-state index in [0.717, 1.165) is 38.2 Å². The number of aliphatic imine (C=N–C) groups is 1. The van der Waals surface area contributed by atoms with Gasteiger partial charge in [0.15, 0.2) is 5.96 Å². The number of aryl methyl sites for hydroxylation is 1. The maximum absolute atomic E-state index is 5.58. The van der Waals surface area contributed by atoms with Crippen LogP contribution in [0.25, 0.3) is 0 Å². The normalized spacial score (nSPS) is 15.6. The van der Waals surface area contributed by atoms with E-state index in [4.69, 9.17) is 4.74 Å². The van der Waals surface area contributed by atoms with Gasteiger partial charge < -0.3 is 15.4 Å². The number of rotatable bonds is 7. The molecule has 1 heterocycles. The Kier molecular flexibility index (Phi) is 5.66. The van der Waals surface area contributed by atoms with Gasteiger partial charge in [-0.05, 0) is 42.7 Å². The predicted octanol–water partition coefficient (Wildman–Crippen LogP) is 2.15. The molecular formula is C14H23N3OS. The van der Waals surface area contributed by atoms with Gasteiger partial charge in [0.05, 0.1) is 13.2 Å². The molecular weight excluding hydrogens is 258 g/mol. The van der Waals surface area contributed by atoms with E-state index in [1.54, 1.807) is 18.4 Å². The summed E-state index contributed by atoms with van der Waals surface area (Å²) in [6.45, 7) is 5.43. The minimum Gasteiger partial charge on any atom is -0.379 e. The maximum atomic E-state index is 5.58. The van der Waals surface area contributed by atoms with E-state index in [1.165, 1.54) is 23.3 Å². The standard InChI is InChI=1S/C14H23N3OS/c1-11-5-8-19-13(11)9-17-14(15-2)16-6-7-18-10-12-3-4-12/h5,8,12H,3-4,6-7,9-10H2,1-2H3,(H2,15,16,17). The van der Waals surface area contributed by atoms with Crippen molar-refractivity contribution in [1.29, 1.82) is 0 Å². The van der Waals surface area contributed by atoms with Gasteiger partial charge in [0, 0.05) is 25.1 Å². The van der Waals surface area contributed by atoms with E-state index in [9.17, 15) is 0 Å². The first-order valence-electron chi connectivity index (χ1n) is 6.85. The van der Waals surface area contributed by atoms with Gasteiger partial charge >= 0.3 is 0 Å². The van der Waals surface area contributed by atoms with Crippen LogP contribution in [0.4, 0.5) is 0 Å². The Morgan fingerprint density at radius 3 is 2.95 bits per heavy atom. The van der Waals surface area contributed by atoms with E-state index in [2.05, 4.69) is 34.0 Å². The second-order valence-electron chi connectivity index (χ2n) is 4.90. The number of hydrogen-bond acceptors (Lipinski definition) is 3. The number of thiophene rings is 1. The molecule has 2 rings (SSSR count). The van der Waals surface area contributed by atoms with Gasteiger partial charge in [0.2, 0.25) is 0 Å². The van der Waals surface area contributed by atoms with Crippen molar-refractivity contribution in [2.45, 2.75) is 26.3 Å². The van der Waals surface area contributed by atoms with Gasteiger partial charge in [-0.25, -0.2) is 0 Å². The zero-order valence-corrected chi connectivity index (χ0v) is 12.6. The van der Waals surface area contributed by atoms with Gasteiger partial charge in [0.25, 0.3) is 0 Å². The summed E-state index contributed by atoms with van der Waals surface area (Å²) >= 11 is 1.77. The number of hydrogen-bond donors (Lipinski definition) is 2. The highest BCUT2D eigenvalue weighted by molar-refractivity contribution is 7.10. The summed E-state index contributed by atoms with van der Waals surface area (Å²) in [5, 5.41) is 8.70. The fraction of sp³-hybridized carbons (Fsp3) is 0.643. The smallest absolute Gasteiger partial charge is 0.191 e. The van der Waals surface area contributed by atoms with Crippen molar-refractivity contribution >= 4 is 17.3 Å². The van der Waals surface area contributed by atoms with Crippen LogP contribution in [-0.4, -0.2) is 32.8 Å². The third-order valence-corrected chi connectivity index (χ3v) is 4.22. The molecule has 0 atom stereocenters. The Labute approximate surface area is 119 Å². The molecule has 19 heavy (non-hydrogen) atoms. The molecule has 0 aliphatic heterocycles. The molecule has 2 N–H and O–H groups in total.